The maximum absolute atomic E-state index is 11.6. The number of amides is 1. The van der Waals surface area contributed by atoms with Crippen molar-refractivity contribution < 1.29 is 4.79 Å². The molecule has 0 aliphatic heterocycles. The minimum Gasteiger partial charge on any atom is -0.373 e. The largest absolute Gasteiger partial charge is 0.373 e. The molecule has 17 heavy (non-hydrogen) atoms. The SMILES string of the molecule is C#CCNC(=O)C(C)Nc1cc(Br)ccc1Br. The summed E-state index contributed by atoms with van der Waals surface area (Å²) in [5.74, 6) is 2.23. The van der Waals surface area contributed by atoms with E-state index in [1.807, 2.05) is 18.2 Å². The van der Waals surface area contributed by atoms with Crippen molar-refractivity contribution in [1.29, 1.82) is 0 Å². The van der Waals surface area contributed by atoms with Crippen LogP contribution in [0.3, 0.4) is 0 Å². The summed E-state index contributed by atoms with van der Waals surface area (Å²) in [6.07, 6.45) is 5.07. The molecule has 0 heterocycles. The van der Waals surface area contributed by atoms with E-state index in [-0.39, 0.29) is 18.5 Å². The molecule has 1 unspecified atom stereocenters. The van der Waals surface area contributed by atoms with Gasteiger partial charge in [0.2, 0.25) is 5.91 Å². The monoisotopic (exact) mass is 358 g/mol. The van der Waals surface area contributed by atoms with E-state index in [1.54, 1.807) is 6.92 Å². The van der Waals surface area contributed by atoms with Crippen molar-refractivity contribution in [1.82, 2.24) is 5.32 Å². The molecule has 1 aromatic rings. The molecule has 1 amide bonds. The highest BCUT2D eigenvalue weighted by Gasteiger charge is 2.12. The van der Waals surface area contributed by atoms with Gasteiger partial charge in [-0.05, 0) is 41.1 Å². The lowest BCUT2D eigenvalue weighted by molar-refractivity contribution is -0.121. The van der Waals surface area contributed by atoms with Crippen molar-refractivity contribution >= 4 is 43.5 Å². The highest BCUT2D eigenvalue weighted by molar-refractivity contribution is 9.11. The Labute approximate surface area is 118 Å². The molecule has 0 bridgehead atoms. The summed E-state index contributed by atoms with van der Waals surface area (Å²) in [6, 6.07) is 5.36. The zero-order valence-electron chi connectivity index (χ0n) is 9.26. The van der Waals surface area contributed by atoms with Gasteiger partial charge in [0.1, 0.15) is 6.04 Å². The lowest BCUT2D eigenvalue weighted by atomic mass is 10.2. The molecule has 1 atom stereocenters. The van der Waals surface area contributed by atoms with Gasteiger partial charge >= 0.3 is 0 Å². The summed E-state index contributed by atoms with van der Waals surface area (Å²) in [5, 5.41) is 5.72. The molecule has 0 aromatic heterocycles. The van der Waals surface area contributed by atoms with Crippen molar-refractivity contribution in [3.8, 4) is 12.3 Å². The van der Waals surface area contributed by atoms with Crippen molar-refractivity contribution in [2.24, 2.45) is 0 Å². The first-order valence-electron chi connectivity index (χ1n) is 4.97. The molecule has 0 radical (unpaired) electrons. The Kier molecular flexibility index (Phi) is 5.52. The Morgan fingerprint density at radius 1 is 1.53 bits per heavy atom. The number of benzene rings is 1. The second-order valence-electron chi connectivity index (χ2n) is 3.41. The number of hydrogen-bond donors (Lipinski definition) is 2. The van der Waals surface area contributed by atoms with Gasteiger partial charge in [0.15, 0.2) is 0 Å². The van der Waals surface area contributed by atoms with E-state index < -0.39 is 0 Å². The zero-order chi connectivity index (χ0) is 12.8. The number of anilines is 1. The van der Waals surface area contributed by atoms with E-state index in [4.69, 9.17) is 6.42 Å². The maximum Gasteiger partial charge on any atom is 0.242 e. The minimum absolute atomic E-state index is 0.130. The summed E-state index contributed by atoms with van der Waals surface area (Å²) in [4.78, 5) is 11.6. The Balaban J connectivity index is 2.67. The summed E-state index contributed by atoms with van der Waals surface area (Å²) in [7, 11) is 0. The van der Waals surface area contributed by atoms with Crippen LogP contribution >= 0.6 is 31.9 Å². The van der Waals surface area contributed by atoms with Crippen LogP contribution in [0.15, 0.2) is 27.1 Å². The summed E-state index contributed by atoms with van der Waals surface area (Å²) < 4.78 is 1.84. The van der Waals surface area contributed by atoms with Gasteiger partial charge in [0.25, 0.3) is 0 Å². The first kappa shape index (κ1) is 14.1. The molecule has 3 nitrogen and oxygen atoms in total. The van der Waals surface area contributed by atoms with Crippen LogP contribution < -0.4 is 10.6 Å². The van der Waals surface area contributed by atoms with E-state index in [1.165, 1.54) is 0 Å². The molecule has 0 fully saturated rings. The first-order valence-corrected chi connectivity index (χ1v) is 6.56. The van der Waals surface area contributed by atoms with Gasteiger partial charge in [0.05, 0.1) is 12.2 Å². The molecule has 5 heteroatoms. The average molecular weight is 360 g/mol. The number of halogens is 2. The maximum atomic E-state index is 11.6. The number of carbonyl (C=O) groups excluding carboxylic acids is 1. The van der Waals surface area contributed by atoms with Gasteiger partial charge < -0.3 is 10.6 Å². The number of terminal acetylenes is 1. The molecule has 0 spiro atoms. The minimum atomic E-state index is -0.353. The highest BCUT2D eigenvalue weighted by atomic mass is 79.9. The molecule has 2 N–H and O–H groups in total. The van der Waals surface area contributed by atoms with Gasteiger partial charge in [-0.3, -0.25) is 4.79 Å². The van der Waals surface area contributed by atoms with Crippen LogP contribution in [0, 0.1) is 12.3 Å². The molecule has 90 valence electrons. The molecule has 0 saturated heterocycles. The van der Waals surface area contributed by atoms with Crippen molar-refractivity contribution in [2.45, 2.75) is 13.0 Å². The summed E-state index contributed by atoms with van der Waals surface area (Å²) in [6.45, 7) is 2.02. The van der Waals surface area contributed by atoms with Crippen LogP contribution in [0.4, 0.5) is 5.69 Å². The van der Waals surface area contributed by atoms with Crippen LogP contribution in [0.5, 0.6) is 0 Å². The van der Waals surface area contributed by atoms with E-state index in [0.29, 0.717) is 0 Å². The van der Waals surface area contributed by atoms with Crippen molar-refractivity contribution in [3.63, 3.8) is 0 Å². The topological polar surface area (TPSA) is 41.1 Å². The average Bonchev–Trinajstić information content (AvgIpc) is 2.30. The van der Waals surface area contributed by atoms with Crippen LogP contribution in [0.1, 0.15) is 6.92 Å². The third-order valence-electron chi connectivity index (χ3n) is 2.06. The molecule has 1 aromatic carbocycles. The van der Waals surface area contributed by atoms with E-state index in [0.717, 1.165) is 14.6 Å². The second kappa shape index (κ2) is 6.67. The Bertz CT molecular complexity index is 454. The highest BCUT2D eigenvalue weighted by Crippen LogP contribution is 2.26. The molecule has 0 aliphatic carbocycles. The van der Waals surface area contributed by atoms with Gasteiger partial charge in [0, 0.05) is 8.95 Å². The van der Waals surface area contributed by atoms with Gasteiger partial charge in [-0.2, -0.15) is 0 Å². The quantitative estimate of drug-likeness (QED) is 0.811. The Morgan fingerprint density at radius 2 is 2.24 bits per heavy atom. The second-order valence-corrected chi connectivity index (χ2v) is 5.18. The molecule has 1 rings (SSSR count). The predicted molar refractivity (Wildman–Crippen MR) is 76.8 cm³/mol. The molecule has 0 aliphatic rings. The number of nitrogens with one attached hydrogen (secondary N) is 2. The van der Waals surface area contributed by atoms with Gasteiger partial charge in [-0.25, -0.2) is 0 Å². The first-order chi connectivity index (χ1) is 8.04. The fourth-order valence-electron chi connectivity index (χ4n) is 1.20. The third kappa shape index (κ3) is 4.41. The van der Waals surface area contributed by atoms with Crippen LogP contribution in [0.25, 0.3) is 0 Å². The number of hydrogen-bond acceptors (Lipinski definition) is 2. The molecule has 0 saturated carbocycles. The van der Waals surface area contributed by atoms with Crippen LogP contribution in [-0.4, -0.2) is 18.5 Å². The number of carbonyl (C=O) groups is 1. The zero-order valence-corrected chi connectivity index (χ0v) is 12.4. The van der Waals surface area contributed by atoms with Crippen LogP contribution in [-0.2, 0) is 4.79 Å². The fraction of sp³-hybridized carbons (Fsp3) is 0.250. The van der Waals surface area contributed by atoms with E-state index in [9.17, 15) is 4.79 Å². The van der Waals surface area contributed by atoms with Crippen molar-refractivity contribution in [3.05, 3.63) is 27.1 Å². The summed E-state index contributed by atoms with van der Waals surface area (Å²) in [5.41, 5.74) is 0.850. The standard InChI is InChI=1S/C12H12Br2N2O/c1-3-6-15-12(17)8(2)16-11-7-9(13)4-5-10(11)14/h1,4-5,7-8,16H,6H2,2H3,(H,15,17). The third-order valence-corrected chi connectivity index (χ3v) is 3.24. The Morgan fingerprint density at radius 3 is 2.88 bits per heavy atom. The predicted octanol–water partition coefficient (Wildman–Crippen LogP) is 2.76. The molecular weight excluding hydrogens is 348 g/mol. The lowest BCUT2D eigenvalue weighted by Gasteiger charge is -2.15. The van der Waals surface area contributed by atoms with Gasteiger partial charge in [-0.15, -0.1) is 6.42 Å². The number of rotatable bonds is 4. The van der Waals surface area contributed by atoms with Gasteiger partial charge in [-0.1, -0.05) is 21.9 Å². The normalized spacial score (nSPS) is 11.4. The molecular formula is C12H12Br2N2O. The Hall–Kier alpha value is -0.990. The smallest absolute Gasteiger partial charge is 0.242 e. The van der Waals surface area contributed by atoms with Crippen LogP contribution in [0.2, 0.25) is 0 Å². The lowest BCUT2D eigenvalue weighted by Crippen LogP contribution is -2.37. The fourth-order valence-corrected chi connectivity index (χ4v) is 1.92. The van der Waals surface area contributed by atoms with E-state index in [2.05, 4.69) is 48.4 Å². The van der Waals surface area contributed by atoms with Crippen molar-refractivity contribution in [2.75, 3.05) is 11.9 Å². The summed E-state index contributed by atoms with van der Waals surface area (Å²) >= 11 is 6.79. The van der Waals surface area contributed by atoms with E-state index >= 15 is 0 Å².